The number of para-hydroxylation sites is 1. The predicted molar refractivity (Wildman–Crippen MR) is 63.4 cm³/mol. The van der Waals surface area contributed by atoms with Gasteiger partial charge in [0.05, 0.1) is 5.52 Å². The first-order valence-electron chi connectivity index (χ1n) is 4.57. The van der Waals surface area contributed by atoms with Gasteiger partial charge < -0.3 is 9.88 Å². The zero-order valence-corrected chi connectivity index (χ0v) is 9.93. The lowest BCUT2D eigenvalue weighted by molar-refractivity contribution is 0.404. The highest BCUT2D eigenvalue weighted by molar-refractivity contribution is 9.10. The standard InChI is InChI=1S/C11H13BrN2/c1-14(2)7-8-6-13-11-9(8)4-3-5-10(11)12/h3-6,13H,7H2,1-2H3. The molecule has 1 aromatic carbocycles. The van der Waals surface area contributed by atoms with E-state index in [0.29, 0.717) is 0 Å². The number of H-pyrrole nitrogens is 1. The minimum absolute atomic E-state index is 0.969. The topological polar surface area (TPSA) is 19.0 Å². The number of benzene rings is 1. The van der Waals surface area contributed by atoms with E-state index in [1.807, 2.05) is 0 Å². The van der Waals surface area contributed by atoms with Crippen molar-refractivity contribution in [3.8, 4) is 0 Å². The third-order valence-corrected chi connectivity index (χ3v) is 2.90. The number of halogens is 1. The number of hydrogen-bond donors (Lipinski definition) is 1. The van der Waals surface area contributed by atoms with Crippen LogP contribution in [-0.2, 0) is 6.54 Å². The van der Waals surface area contributed by atoms with Crippen LogP contribution in [0.1, 0.15) is 5.56 Å². The summed E-state index contributed by atoms with van der Waals surface area (Å²) < 4.78 is 1.13. The number of aromatic nitrogens is 1. The van der Waals surface area contributed by atoms with Gasteiger partial charge in [0.1, 0.15) is 0 Å². The Morgan fingerprint density at radius 2 is 2.14 bits per heavy atom. The summed E-state index contributed by atoms with van der Waals surface area (Å²) in [4.78, 5) is 5.46. The smallest absolute Gasteiger partial charge is 0.0601 e. The van der Waals surface area contributed by atoms with Gasteiger partial charge in [-0.1, -0.05) is 12.1 Å². The Morgan fingerprint density at radius 3 is 2.86 bits per heavy atom. The maximum absolute atomic E-state index is 3.53. The van der Waals surface area contributed by atoms with Crippen LogP contribution in [0, 0.1) is 0 Å². The summed E-state index contributed by atoms with van der Waals surface area (Å²) in [5, 5.41) is 1.30. The molecule has 2 rings (SSSR count). The number of hydrogen-bond acceptors (Lipinski definition) is 1. The number of aromatic amines is 1. The molecule has 0 spiro atoms. The fourth-order valence-corrected chi connectivity index (χ4v) is 2.13. The normalized spacial score (nSPS) is 11.4. The van der Waals surface area contributed by atoms with Crippen molar-refractivity contribution in [2.24, 2.45) is 0 Å². The van der Waals surface area contributed by atoms with Gasteiger partial charge >= 0.3 is 0 Å². The zero-order chi connectivity index (χ0) is 10.1. The van der Waals surface area contributed by atoms with Gasteiger partial charge in [-0.15, -0.1) is 0 Å². The third-order valence-electron chi connectivity index (χ3n) is 2.24. The van der Waals surface area contributed by atoms with Crippen LogP contribution in [0.2, 0.25) is 0 Å². The van der Waals surface area contributed by atoms with Crippen molar-refractivity contribution in [2.75, 3.05) is 14.1 Å². The van der Waals surface area contributed by atoms with Crippen molar-refractivity contribution < 1.29 is 0 Å². The molecule has 0 amide bonds. The lowest BCUT2D eigenvalue weighted by Gasteiger charge is -2.07. The van der Waals surface area contributed by atoms with Crippen LogP contribution >= 0.6 is 15.9 Å². The van der Waals surface area contributed by atoms with Crippen LogP contribution in [0.4, 0.5) is 0 Å². The molecule has 0 radical (unpaired) electrons. The average molecular weight is 253 g/mol. The van der Waals surface area contributed by atoms with Gasteiger partial charge in [0.2, 0.25) is 0 Å². The summed E-state index contributed by atoms with van der Waals surface area (Å²) in [6, 6.07) is 6.27. The molecule has 1 heterocycles. The van der Waals surface area contributed by atoms with Crippen LogP contribution in [-0.4, -0.2) is 24.0 Å². The summed E-state index contributed by atoms with van der Waals surface area (Å²) in [5.41, 5.74) is 2.52. The van der Waals surface area contributed by atoms with Crippen molar-refractivity contribution in [1.29, 1.82) is 0 Å². The summed E-state index contributed by atoms with van der Waals surface area (Å²) >= 11 is 3.53. The first kappa shape index (κ1) is 9.74. The van der Waals surface area contributed by atoms with Crippen molar-refractivity contribution in [2.45, 2.75) is 6.54 Å². The molecular weight excluding hydrogens is 240 g/mol. The largest absolute Gasteiger partial charge is 0.360 e. The van der Waals surface area contributed by atoms with Gasteiger partial charge in [0.25, 0.3) is 0 Å². The second kappa shape index (κ2) is 3.75. The molecule has 14 heavy (non-hydrogen) atoms. The number of rotatable bonds is 2. The van der Waals surface area contributed by atoms with Gasteiger partial charge in [-0.3, -0.25) is 0 Å². The average Bonchev–Trinajstić information content (AvgIpc) is 2.49. The molecule has 0 bridgehead atoms. The highest BCUT2D eigenvalue weighted by Crippen LogP contribution is 2.25. The van der Waals surface area contributed by atoms with Gasteiger partial charge in [-0.2, -0.15) is 0 Å². The molecule has 2 nitrogen and oxygen atoms in total. The number of nitrogens with zero attached hydrogens (tertiary/aromatic N) is 1. The number of nitrogens with one attached hydrogen (secondary N) is 1. The summed E-state index contributed by atoms with van der Waals surface area (Å²) in [7, 11) is 4.16. The maximum Gasteiger partial charge on any atom is 0.0601 e. The first-order valence-corrected chi connectivity index (χ1v) is 5.37. The molecule has 0 aliphatic heterocycles. The van der Waals surface area contributed by atoms with Crippen LogP contribution in [0.5, 0.6) is 0 Å². The lowest BCUT2D eigenvalue weighted by Crippen LogP contribution is -2.09. The van der Waals surface area contributed by atoms with Crippen molar-refractivity contribution in [3.05, 3.63) is 34.4 Å². The minimum atomic E-state index is 0.969. The van der Waals surface area contributed by atoms with E-state index < -0.39 is 0 Å². The number of fused-ring (bicyclic) bond motifs is 1. The molecule has 1 aromatic heterocycles. The Labute approximate surface area is 92.0 Å². The van der Waals surface area contributed by atoms with E-state index in [2.05, 4.69) is 64.3 Å². The summed E-state index contributed by atoms with van der Waals surface area (Å²) in [5.74, 6) is 0. The molecular formula is C11H13BrN2. The second-order valence-electron chi connectivity index (χ2n) is 3.71. The van der Waals surface area contributed by atoms with Gasteiger partial charge in [-0.25, -0.2) is 0 Å². The quantitative estimate of drug-likeness (QED) is 0.871. The molecule has 2 aromatic rings. The first-order chi connectivity index (χ1) is 6.68. The van der Waals surface area contributed by atoms with Crippen LogP contribution < -0.4 is 0 Å². The Bertz CT molecular complexity index is 445. The van der Waals surface area contributed by atoms with E-state index in [0.717, 1.165) is 11.0 Å². The molecule has 3 heteroatoms. The van der Waals surface area contributed by atoms with Crippen molar-refractivity contribution >= 4 is 26.8 Å². The van der Waals surface area contributed by atoms with E-state index in [-0.39, 0.29) is 0 Å². The Morgan fingerprint density at radius 1 is 1.36 bits per heavy atom. The van der Waals surface area contributed by atoms with E-state index in [9.17, 15) is 0 Å². The molecule has 74 valence electrons. The minimum Gasteiger partial charge on any atom is -0.360 e. The fourth-order valence-electron chi connectivity index (χ4n) is 1.65. The molecule has 1 N–H and O–H groups in total. The Hall–Kier alpha value is -0.800. The molecule has 0 fully saturated rings. The van der Waals surface area contributed by atoms with E-state index in [1.165, 1.54) is 16.5 Å². The van der Waals surface area contributed by atoms with E-state index in [1.54, 1.807) is 0 Å². The van der Waals surface area contributed by atoms with Crippen LogP contribution in [0.15, 0.2) is 28.9 Å². The highest BCUT2D eigenvalue weighted by atomic mass is 79.9. The van der Waals surface area contributed by atoms with Crippen molar-refractivity contribution in [3.63, 3.8) is 0 Å². The lowest BCUT2D eigenvalue weighted by atomic mass is 10.2. The molecule has 0 saturated carbocycles. The monoisotopic (exact) mass is 252 g/mol. The Kier molecular flexibility index (Phi) is 2.61. The third kappa shape index (κ3) is 1.70. The predicted octanol–water partition coefficient (Wildman–Crippen LogP) is 2.99. The maximum atomic E-state index is 3.53. The summed E-state index contributed by atoms with van der Waals surface area (Å²) in [6.07, 6.45) is 2.08. The highest BCUT2D eigenvalue weighted by Gasteiger charge is 2.05. The van der Waals surface area contributed by atoms with E-state index in [4.69, 9.17) is 0 Å². The molecule has 0 unspecified atom stereocenters. The molecule has 0 atom stereocenters. The SMILES string of the molecule is CN(C)Cc1c[nH]c2c(Br)cccc12. The second-order valence-corrected chi connectivity index (χ2v) is 4.57. The van der Waals surface area contributed by atoms with Crippen LogP contribution in [0.25, 0.3) is 10.9 Å². The molecule has 0 aliphatic rings. The van der Waals surface area contributed by atoms with Gasteiger partial charge in [-0.05, 0) is 41.7 Å². The zero-order valence-electron chi connectivity index (χ0n) is 8.34. The van der Waals surface area contributed by atoms with Crippen LogP contribution in [0.3, 0.4) is 0 Å². The fraction of sp³-hybridized carbons (Fsp3) is 0.273. The summed E-state index contributed by atoms with van der Waals surface area (Å²) in [6.45, 7) is 0.969. The van der Waals surface area contributed by atoms with Gasteiger partial charge in [0, 0.05) is 22.6 Å². The van der Waals surface area contributed by atoms with Crippen molar-refractivity contribution in [1.82, 2.24) is 9.88 Å². The van der Waals surface area contributed by atoms with Gasteiger partial charge in [0.15, 0.2) is 0 Å². The molecule has 0 saturated heterocycles. The molecule has 0 aliphatic carbocycles. The Balaban J connectivity index is 2.52. The van der Waals surface area contributed by atoms with E-state index >= 15 is 0 Å².